The summed E-state index contributed by atoms with van der Waals surface area (Å²) in [5.41, 5.74) is 6.34. The Kier molecular flexibility index (Phi) is 6.61. The summed E-state index contributed by atoms with van der Waals surface area (Å²) in [5, 5.41) is 0. The maximum absolute atomic E-state index is 6.11. The van der Waals surface area contributed by atoms with Crippen molar-refractivity contribution in [3.63, 3.8) is 0 Å². The van der Waals surface area contributed by atoms with Gasteiger partial charge in [-0.3, -0.25) is 4.90 Å². The third kappa shape index (κ3) is 3.94. The van der Waals surface area contributed by atoms with Gasteiger partial charge in [0.2, 0.25) is 0 Å². The highest BCUT2D eigenvalue weighted by Gasteiger charge is 2.33. The molecule has 2 unspecified atom stereocenters. The Balaban J connectivity index is 2.55. The van der Waals surface area contributed by atoms with E-state index in [1.807, 2.05) is 0 Å². The average molecular weight is 255 g/mol. The lowest BCUT2D eigenvalue weighted by Crippen LogP contribution is -2.53. The topological polar surface area (TPSA) is 32.5 Å². The van der Waals surface area contributed by atoms with E-state index >= 15 is 0 Å². The van der Waals surface area contributed by atoms with Crippen molar-refractivity contribution in [1.29, 1.82) is 0 Å². The molecule has 0 spiro atoms. The monoisotopic (exact) mass is 255 g/mol. The number of likely N-dealkylation sites (tertiary alicyclic amines) is 1. The molecule has 2 atom stereocenters. The van der Waals surface area contributed by atoms with Gasteiger partial charge in [0.15, 0.2) is 0 Å². The minimum atomic E-state index is 0.233. The lowest BCUT2D eigenvalue weighted by molar-refractivity contribution is 0.0906. The number of rotatable bonds is 8. The third-order valence-corrected chi connectivity index (χ3v) is 4.86. The van der Waals surface area contributed by atoms with Gasteiger partial charge in [-0.25, -0.2) is 0 Å². The Morgan fingerprint density at radius 1 is 1.39 bits per heavy atom. The normalized spacial score (nSPS) is 24.7. The SMILES string of the molecule is CCCCC(CC)(CN)N(C)CC1CCN(C)C1. The summed E-state index contributed by atoms with van der Waals surface area (Å²) < 4.78 is 0. The molecule has 3 nitrogen and oxygen atoms in total. The van der Waals surface area contributed by atoms with Crippen molar-refractivity contribution in [2.75, 3.05) is 40.3 Å². The first-order valence-corrected chi connectivity index (χ1v) is 7.67. The van der Waals surface area contributed by atoms with Crippen molar-refractivity contribution in [1.82, 2.24) is 9.80 Å². The highest BCUT2D eigenvalue weighted by Crippen LogP contribution is 2.27. The van der Waals surface area contributed by atoms with E-state index in [9.17, 15) is 0 Å². The molecule has 1 aliphatic heterocycles. The molecule has 1 saturated heterocycles. The largest absolute Gasteiger partial charge is 0.329 e. The Bertz CT molecular complexity index is 226. The van der Waals surface area contributed by atoms with Crippen LogP contribution in [-0.4, -0.2) is 55.6 Å². The zero-order valence-electron chi connectivity index (χ0n) is 12.9. The summed E-state index contributed by atoms with van der Waals surface area (Å²) in [4.78, 5) is 5.01. The van der Waals surface area contributed by atoms with Gasteiger partial charge in [-0.1, -0.05) is 26.7 Å². The summed E-state index contributed by atoms with van der Waals surface area (Å²) in [5.74, 6) is 0.833. The predicted molar refractivity (Wildman–Crippen MR) is 79.8 cm³/mol. The van der Waals surface area contributed by atoms with E-state index in [4.69, 9.17) is 5.73 Å². The molecule has 0 aromatic heterocycles. The van der Waals surface area contributed by atoms with Crippen LogP contribution in [0.2, 0.25) is 0 Å². The molecule has 18 heavy (non-hydrogen) atoms. The molecule has 0 bridgehead atoms. The standard InChI is InChI=1S/C15H33N3/c1-5-7-9-15(6-2,13-16)18(4)12-14-8-10-17(3)11-14/h14H,5-13,16H2,1-4H3. The second-order valence-corrected chi connectivity index (χ2v) is 6.18. The summed E-state index contributed by atoms with van der Waals surface area (Å²) in [6.07, 6.45) is 6.32. The van der Waals surface area contributed by atoms with E-state index in [-0.39, 0.29) is 5.54 Å². The summed E-state index contributed by atoms with van der Waals surface area (Å²) in [6, 6.07) is 0. The molecule has 3 heteroatoms. The molecule has 0 amide bonds. The van der Waals surface area contributed by atoms with Crippen molar-refractivity contribution in [2.24, 2.45) is 11.7 Å². The van der Waals surface area contributed by atoms with E-state index in [0.717, 1.165) is 12.5 Å². The van der Waals surface area contributed by atoms with Gasteiger partial charge in [0, 0.05) is 25.2 Å². The Morgan fingerprint density at radius 2 is 2.11 bits per heavy atom. The third-order valence-electron chi connectivity index (χ3n) is 4.86. The first kappa shape index (κ1) is 15.9. The van der Waals surface area contributed by atoms with E-state index in [0.29, 0.717) is 0 Å². The molecule has 1 fully saturated rings. The number of likely N-dealkylation sites (N-methyl/N-ethyl adjacent to an activating group) is 1. The summed E-state index contributed by atoms with van der Waals surface area (Å²) >= 11 is 0. The van der Waals surface area contributed by atoms with Crippen molar-refractivity contribution in [3.05, 3.63) is 0 Å². The van der Waals surface area contributed by atoms with Crippen LogP contribution in [0.15, 0.2) is 0 Å². The van der Waals surface area contributed by atoms with Gasteiger partial charge >= 0.3 is 0 Å². The van der Waals surface area contributed by atoms with Crippen LogP contribution >= 0.6 is 0 Å². The molecule has 1 heterocycles. The Morgan fingerprint density at radius 3 is 2.56 bits per heavy atom. The average Bonchev–Trinajstić information content (AvgIpc) is 2.77. The molecule has 0 aliphatic carbocycles. The van der Waals surface area contributed by atoms with Crippen LogP contribution < -0.4 is 5.73 Å². The van der Waals surface area contributed by atoms with Gasteiger partial charge in [0.25, 0.3) is 0 Å². The van der Waals surface area contributed by atoms with Crippen LogP contribution in [0.4, 0.5) is 0 Å². The number of unbranched alkanes of at least 4 members (excludes halogenated alkanes) is 1. The predicted octanol–water partition coefficient (Wildman–Crippen LogP) is 2.17. The van der Waals surface area contributed by atoms with Crippen molar-refractivity contribution in [2.45, 2.75) is 51.5 Å². The molecule has 2 N–H and O–H groups in total. The fourth-order valence-corrected chi connectivity index (χ4v) is 3.30. The lowest BCUT2D eigenvalue weighted by Gasteiger charge is -2.42. The molecule has 1 aliphatic rings. The highest BCUT2D eigenvalue weighted by molar-refractivity contribution is 4.90. The van der Waals surface area contributed by atoms with Gasteiger partial charge in [0.05, 0.1) is 0 Å². The van der Waals surface area contributed by atoms with Gasteiger partial charge < -0.3 is 10.6 Å². The Labute approximate surface area is 114 Å². The quantitative estimate of drug-likeness (QED) is 0.721. The van der Waals surface area contributed by atoms with E-state index in [1.165, 1.54) is 51.7 Å². The molecule has 0 saturated carbocycles. The molecule has 0 radical (unpaired) electrons. The van der Waals surface area contributed by atoms with Gasteiger partial charge in [0.1, 0.15) is 0 Å². The minimum absolute atomic E-state index is 0.233. The fourth-order valence-electron chi connectivity index (χ4n) is 3.30. The molecule has 0 aromatic carbocycles. The maximum atomic E-state index is 6.11. The Hall–Kier alpha value is -0.120. The van der Waals surface area contributed by atoms with Crippen molar-refractivity contribution >= 4 is 0 Å². The van der Waals surface area contributed by atoms with Crippen molar-refractivity contribution < 1.29 is 0 Å². The maximum Gasteiger partial charge on any atom is 0.0326 e. The van der Waals surface area contributed by atoms with Crippen LogP contribution in [0, 0.1) is 5.92 Å². The fraction of sp³-hybridized carbons (Fsp3) is 1.00. The van der Waals surface area contributed by atoms with Gasteiger partial charge in [-0.05, 0) is 45.8 Å². The first-order valence-electron chi connectivity index (χ1n) is 7.67. The lowest BCUT2D eigenvalue weighted by atomic mass is 9.87. The molecule has 0 aromatic rings. The zero-order valence-corrected chi connectivity index (χ0v) is 12.9. The van der Waals surface area contributed by atoms with E-state index in [1.54, 1.807) is 0 Å². The van der Waals surface area contributed by atoms with Crippen LogP contribution in [0.3, 0.4) is 0 Å². The number of hydrogen-bond acceptors (Lipinski definition) is 3. The van der Waals surface area contributed by atoms with E-state index in [2.05, 4.69) is 37.7 Å². The van der Waals surface area contributed by atoms with Gasteiger partial charge in [-0.15, -0.1) is 0 Å². The molecular formula is C15H33N3. The summed E-state index contributed by atoms with van der Waals surface area (Å²) in [6.45, 7) is 9.07. The summed E-state index contributed by atoms with van der Waals surface area (Å²) in [7, 11) is 4.51. The van der Waals surface area contributed by atoms with Crippen LogP contribution in [0.25, 0.3) is 0 Å². The van der Waals surface area contributed by atoms with Crippen LogP contribution in [0.1, 0.15) is 46.0 Å². The van der Waals surface area contributed by atoms with Crippen LogP contribution in [-0.2, 0) is 0 Å². The first-order chi connectivity index (χ1) is 8.57. The number of nitrogens with two attached hydrogens (primary N) is 1. The van der Waals surface area contributed by atoms with Crippen molar-refractivity contribution in [3.8, 4) is 0 Å². The molecule has 1 rings (SSSR count). The van der Waals surface area contributed by atoms with Gasteiger partial charge in [-0.2, -0.15) is 0 Å². The number of nitrogens with zero attached hydrogens (tertiary/aromatic N) is 2. The molecule has 108 valence electrons. The number of hydrogen-bond donors (Lipinski definition) is 1. The second-order valence-electron chi connectivity index (χ2n) is 6.18. The minimum Gasteiger partial charge on any atom is -0.329 e. The second kappa shape index (κ2) is 7.46. The zero-order chi connectivity index (χ0) is 13.6. The highest BCUT2D eigenvalue weighted by atomic mass is 15.2. The molecular weight excluding hydrogens is 222 g/mol. The van der Waals surface area contributed by atoms with Crippen LogP contribution in [0.5, 0.6) is 0 Å². The van der Waals surface area contributed by atoms with E-state index < -0.39 is 0 Å². The smallest absolute Gasteiger partial charge is 0.0326 e.